The van der Waals surface area contributed by atoms with Gasteiger partial charge < -0.3 is 15.0 Å². The minimum absolute atomic E-state index is 0.116. The molecule has 1 amide bonds. The summed E-state index contributed by atoms with van der Waals surface area (Å²) < 4.78 is 5.75. The van der Waals surface area contributed by atoms with E-state index in [0.29, 0.717) is 18.2 Å². The summed E-state index contributed by atoms with van der Waals surface area (Å²) in [5.41, 5.74) is 1.64. The van der Waals surface area contributed by atoms with Crippen LogP contribution in [0, 0.1) is 0 Å². The Hall–Kier alpha value is -1.71. The first-order valence-corrected chi connectivity index (χ1v) is 8.12. The van der Waals surface area contributed by atoms with Crippen LogP contribution in [0.2, 0.25) is 0 Å². The maximum absolute atomic E-state index is 13.0. The van der Waals surface area contributed by atoms with E-state index in [0.717, 1.165) is 37.4 Å². The van der Waals surface area contributed by atoms with Crippen molar-refractivity contribution in [2.75, 3.05) is 25.0 Å². The van der Waals surface area contributed by atoms with E-state index >= 15 is 0 Å². The van der Waals surface area contributed by atoms with E-state index in [2.05, 4.69) is 12.2 Å². The topological polar surface area (TPSA) is 41.6 Å². The Labute approximate surface area is 126 Å². The molecule has 4 nitrogen and oxygen atoms in total. The van der Waals surface area contributed by atoms with Gasteiger partial charge >= 0.3 is 0 Å². The number of para-hydroxylation sites is 1. The zero-order chi connectivity index (χ0) is 14.7. The minimum Gasteiger partial charge on any atom is -0.489 e. The fourth-order valence-electron chi connectivity index (χ4n) is 3.45. The van der Waals surface area contributed by atoms with Gasteiger partial charge in [-0.3, -0.25) is 4.79 Å². The number of benzene rings is 1. The van der Waals surface area contributed by atoms with Crippen molar-refractivity contribution in [1.82, 2.24) is 4.90 Å². The van der Waals surface area contributed by atoms with E-state index in [1.807, 2.05) is 23.1 Å². The molecule has 3 rings (SSSR count). The lowest BCUT2D eigenvalue weighted by molar-refractivity contribution is 0.0643. The molecular weight excluding hydrogens is 264 g/mol. The van der Waals surface area contributed by atoms with Gasteiger partial charge in [0.1, 0.15) is 6.61 Å². The molecule has 0 spiro atoms. The number of amides is 1. The third kappa shape index (κ3) is 2.85. The van der Waals surface area contributed by atoms with Crippen LogP contribution in [0.15, 0.2) is 18.2 Å². The molecule has 0 radical (unpaired) electrons. The van der Waals surface area contributed by atoms with Gasteiger partial charge in [0.15, 0.2) is 5.75 Å². The number of carbonyl (C=O) groups excluding carboxylic acids is 1. The summed E-state index contributed by atoms with van der Waals surface area (Å²) in [6.45, 7) is 4.25. The van der Waals surface area contributed by atoms with Gasteiger partial charge in [0, 0.05) is 19.1 Å². The second-order valence-corrected chi connectivity index (χ2v) is 5.84. The van der Waals surface area contributed by atoms with E-state index in [1.54, 1.807) is 0 Å². The van der Waals surface area contributed by atoms with Crippen molar-refractivity contribution in [3.05, 3.63) is 23.8 Å². The van der Waals surface area contributed by atoms with Crippen LogP contribution in [0.1, 0.15) is 49.4 Å². The smallest absolute Gasteiger partial charge is 0.257 e. The molecule has 1 fully saturated rings. The van der Waals surface area contributed by atoms with Gasteiger partial charge in [-0.25, -0.2) is 0 Å². The maximum atomic E-state index is 13.0. The van der Waals surface area contributed by atoms with E-state index in [9.17, 15) is 4.79 Å². The van der Waals surface area contributed by atoms with E-state index in [1.165, 1.54) is 19.3 Å². The van der Waals surface area contributed by atoms with E-state index in [-0.39, 0.29) is 5.91 Å². The zero-order valence-electron chi connectivity index (χ0n) is 12.7. The Balaban J connectivity index is 1.86. The van der Waals surface area contributed by atoms with Gasteiger partial charge in [0.05, 0.1) is 11.3 Å². The minimum atomic E-state index is 0.116. The summed E-state index contributed by atoms with van der Waals surface area (Å²) in [5.74, 6) is 0.841. The number of hydrogen-bond donors (Lipinski definition) is 1. The largest absolute Gasteiger partial charge is 0.489 e. The fourth-order valence-corrected chi connectivity index (χ4v) is 3.45. The molecule has 1 aliphatic heterocycles. The predicted octanol–water partition coefficient (Wildman–Crippen LogP) is 3.29. The van der Waals surface area contributed by atoms with E-state index in [4.69, 9.17) is 4.74 Å². The lowest BCUT2D eigenvalue weighted by Crippen LogP contribution is -2.41. The zero-order valence-corrected chi connectivity index (χ0v) is 12.7. The molecule has 2 aliphatic rings. The van der Waals surface area contributed by atoms with Gasteiger partial charge in [-0.2, -0.15) is 0 Å². The number of nitrogens with one attached hydrogen (secondary N) is 1. The summed E-state index contributed by atoms with van der Waals surface area (Å²) in [6.07, 6.45) is 6.04. The molecule has 0 atom stereocenters. The van der Waals surface area contributed by atoms with Gasteiger partial charge in [0.25, 0.3) is 5.91 Å². The molecule has 0 aromatic heterocycles. The molecule has 0 saturated heterocycles. The van der Waals surface area contributed by atoms with Crippen molar-refractivity contribution >= 4 is 11.6 Å². The molecular formula is C17H24N2O2. The first-order chi connectivity index (χ1) is 10.3. The highest BCUT2D eigenvalue weighted by molar-refractivity contribution is 5.99. The summed E-state index contributed by atoms with van der Waals surface area (Å²) >= 11 is 0. The predicted molar refractivity (Wildman–Crippen MR) is 84.0 cm³/mol. The highest BCUT2D eigenvalue weighted by atomic mass is 16.5. The van der Waals surface area contributed by atoms with Crippen molar-refractivity contribution in [3.63, 3.8) is 0 Å². The van der Waals surface area contributed by atoms with Crippen LogP contribution in [-0.4, -0.2) is 36.5 Å². The van der Waals surface area contributed by atoms with Gasteiger partial charge in [0.2, 0.25) is 0 Å². The molecule has 1 aromatic carbocycles. The van der Waals surface area contributed by atoms with Crippen LogP contribution >= 0.6 is 0 Å². The third-order valence-corrected chi connectivity index (χ3v) is 4.53. The van der Waals surface area contributed by atoms with Crippen molar-refractivity contribution in [3.8, 4) is 5.75 Å². The van der Waals surface area contributed by atoms with Crippen molar-refractivity contribution in [2.45, 2.75) is 45.1 Å². The lowest BCUT2D eigenvalue weighted by atomic mass is 9.93. The summed E-state index contributed by atoms with van der Waals surface area (Å²) in [4.78, 5) is 15.0. The molecule has 114 valence electrons. The molecule has 1 saturated carbocycles. The van der Waals surface area contributed by atoms with Crippen LogP contribution in [0.4, 0.5) is 5.69 Å². The quantitative estimate of drug-likeness (QED) is 0.928. The van der Waals surface area contributed by atoms with Gasteiger partial charge in [-0.1, -0.05) is 25.3 Å². The molecule has 21 heavy (non-hydrogen) atoms. The highest BCUT2D eigenvalue weighted by Crippen LogP contribution is 2.33. The highest BCUT2D eigenvalue weighted by Gasteiger charge is 2.28. The number of carbonyl (C=O) groups is 1. The first-order valence-electron chi connectivity index (χ1n) is 8.12. The monoisotopic (exact) mass is 288 g/mol. The summed E-state index contributed by atoms with van der Waals surface area (Å²) in [5, 5.41) is 3.30. The Morgan fingerprint density at radius 1 is 1.33 bits per heavy atom. The van der Waals surface area contributed by atoms with Crippen LogP contribution in [-0.2, 0) is 0 Å². The molecule has 1 N–H and O–H groups in total. The van der Waals surface area contributed by atoms with Crippen LogP contribution in [0.5, 0.6) is 5.75 Å². The molecule has 1 aromatic rings. The van der Waals surface area contributed by atoms with Crippen molar-refractivity contribution in [1.29, 1.82) is 0 Å². The van der Waals surface area contributed by atoms with Gasteiger partial charge in [-0.15, -0.1) is 0 Å². The molecule has 1 heterocycles. The second kappa shape index (κ2) is 6.37. The number of rotatable bonds is 3. The van der Waals surface area contributed by atoms with Crippen LogP contribution in [0.3, 0.4) is 0 Å². The third-order valence-electron chi connectivity index (χ3n) is 4.53. The summed E-state index contributed by atoms with van der Waals surface area (Å²) in [6, 6.07) is 6.19. The SMILES string of the molecule is CCN(C(=O)c1cccc2c1OCCN2)C1CCCCC1. The fraction of sp³-hybridized carbons (Fsp3) is 0.588. The number of fused-ring (bicyclic) bond motifs is 1. The lowest BCUT2D eigenvalue weighted by Gasteiger charge is -2.34. The average molecular weight is 288 g/mol. The standard InChI is InChI=1S/C17H24N2O2/c1-2-19(13-7-4-3-5-8-13)17(20)14-9-6-10-15-16(14)21-12-11-18-15/h6,9-10,13,18H,2-5,7-8,11-12H2,1H3. The first kappa shape index (κ1) is 14.2. The van der Waals surface area contributed by atoms with Gasteiger partial charge in [-0.05, 0) is 31.9 Å². The molecule has 1 aliphatic carbocycles. The van der Waals surface area contributed by atoms with Crippen LogP contribution in [0.25, 0.3) is 0 Å². The Morgan fingerprint density at radius 3 is 2.90 bits per heavy atom. The number of nitrogens with zero attached hydrogens (tertiary/aromatic N) is 1. The van der Waals surface area contributed by atoms with Crippen molar-refractivity contribution in [2.24, 2.45) is 0 Å². The molecule has 0 unspecified atom stereocenters. The Kier molecular flexibility index (Phi) is 4.32. The number of anilines is 1. The molecule has 4 heteroatoms. The van der Waals surface area contributed by atoms with Crippen LogP contribution < -0.4 is 10.1 Å². The maximum Gasteiger partial charge on any atom is 0.257 e. The average Bonchev–Trinajstić information content (AvgIpc) is 2.56. The van der Waals surface area contributed by atoms with E-state index < -0.39 is 0 Å². The Morgan fingerprint density at radius 2 is 2.14 bits per heavy atom. The summed E-state index contributed by atoms with van der Waals surface area (Å²) in [7, 11) is 0. The Bertz CT molecular complexity index is 510. The second-order valence-electron chi connectivity index (χ2n) is 5.84. The molecule has 0 bridgehead atoms. The number of hydrogen-bond acceptors (Lipinski definition) is 3. The number of ether oxygens (including phenoxy) is 1. The normalized spacial score (nSPS) is 18.3. The van der Waals surface area contributed by atoms with Crippen molar-refractivity contribution < 1.29 is 9.53 Å².